The van der Waals surface area contributed by atoms with Crippen molar-refractivity contribution in [3.8, 4) is 0 Å². The van der Waals surface area contributed by atoms with E-state index in [1.54, 1.807) is 12.3 Å². The van der Waals surface area contributed by atoms with Crippen LogP contribution in [0.25, 0.3) is 0 Å². The summed E-state index contributed by atoms with van der Waals surface area (Å²) in [5.74, 6) is -0.119. The lowest BCUT2D eigenvalue weighted by Gasteiger charge is -2.10. The number of hydrogen-bond donors (Lipinski definition) is 4. The molecule has 3 heterocycles. The highest BCUT2D eigenvalue weighted by molar-refractivity contribution is 6.30. The molecular weight excluding hydrogens is 310 g/mol. The fraction of sp³-hybridized carbons (Fsp3) is 0.308. The van der Waals surface area contributed by atoms with E-state index in [4.69, 9.17) is 21.1 Å². The molecule has 0 radical (unpaired) electrons. The number of hydrazone groups is 1. The Balaban J connectivity index is 1.83. The fourth-order valence-electron chi connectivity index (χ4n) is 2.28. The average Bonchev–Trinajstić information content (AvgIpc) is 3.20. The van der Waals surface area contributed by atoms with Crippen molar-refractivity contribution >= 4 is 28.9 Å². The number of furan rings is 1. The molecule has 2 aromatic rings. The van der Waals surface area contributed by atoms with E-state index in [-0.39, 0.29) is 12.5 Å². The van der Waals surface area contributed by atoms with Crippen molar-refractivity contribution < 1.29 is 14.3 Å². The Labute approximate surface area is 130 Å². The molecule has 1 aliphatic heterocycles. The third-order valence-electron chi connectivity index (χ3n) is 3.28. The Bertz CT molecular complexity index is 708. The monoisotopic (exact) mass is 323 g/mol. The van der Waals surface area contributed by atoms with Crippen LogP contribution in [0.15, 0.2) is 28.0 Å². The number of carbonyl (C=O) groups is 1. The predicted octanol–water partition coefficient (Wildman–Crippen LogP) is 0.753. The maximum Gasteiger partial charge on any atom is 0.249 e. The van der Waals surface area contributed by atoms with Gasteiger partial charge in [0.05, 0.1) is 29.4 Å². The van der Waals surface area contributed by atoms with Gasteiger partial charge in [-0.3, -0.25) is 9.89 Å². The van der Waals surface area contributed by atoms with Crippen LogP contribution in [0.2, 0.25) is 5.02 Å². The normalized spacial score (nSPS) is 17.5. The first kappa shape index (κ1) is 14.6. The summed E-state index contributed by atoms with van der Waals surface area (Å²) in [6, 6.07) is 1.67. The molecule has 0 fully saturated rings. The number of halogens is 1. The van der Waals surface area contributed by atoms with Crippen LogP contribution in [0.1, 0.15) is 11.5 Å². The van der Waals surface area contributed by atoms with Gasteiger partial charge in [-0.05, 0) is 6.07 Å². The Morgan fingerprint density at radius 1 is 1.50 bits per heavy atom. The van der Waals surface area contributed by atoms with Crippen molar-refractivity contribution in [2.45, 2.75) is 6.42 Å². The molecule has 1 aliphatic rings. The summed E-state index contributed by atoms with van der Waals surface area (Å²) < 4.78 is 5.29. The second-order valence-electron chi connectivity index (χ2n) is 4.77. The van der Waals surface area contributed by atoms with Crippen molar-refractivity contribution in [3.63, 3.8) is 0 Å². The quantitative estimate of drug-likeness (QED) is 0.626. The van der Waals surface area contributed by atoms with Gasteiger partial charge < -0.3 is 14.8 Å². The summed E-state index contributed by atoms with van der Waals surface area (Å²) in [6.45, 7) is 0.363. The minimum Gasteiger partial charge on any atom is -0.468 e. The average molecular weight is 324 g/mol. The third-order valence-corrected chi connectivity index (χ3v) is 3.48. The van der Waals surface area contributed by atoms with E-state index in [1.165, 1.54) is 6.26 Å². The summed E-state index contributed by atoms with van der Waals surface area (Å²) in [6.07, 6.45) is 3.35. The lowest BCUT2D eigenvalue weighted by atomic mass is 9.95. The van der Waals surface area contributed by atoms with Gasteiger partial charge in [0.1, 0.15) is 23.4 Å². The molecule has 4 N–H and O–H groups in total. The summed E-state index contributed by atoms with van der Waals surface area (Å²) in [4.78, 5) is 12.0. The summed E-state index contributed by atoms with van der Waals surface area (Å²) in [7, 11) is 0. The molecule has 8 nitrogen and oxygen atoms in total. The second-order valence-corrected chi connectivity index (χ2v) is 5.21. The maximum atomic E-state index is 12.0. The van der Waals surface area contributed by atoms with Gasteiger partial charge in [0.15, 0.2) is 0 Å². The third kappa shape index (κ3) is 2.83. The van der Waals surface area contributed by atoms with Crippen LogP contribution >= 0.6 is 11.6 Å². The number of anilines is 1. The highest BCUT2D eigenvalue weighted by atomic mass is 35.5. The van der Waals surface area contributed by atoms with Crippen LogP contribution in [0, 0.1) is 5.92 Å². The van der Waals surface area contributed by atoms with E-state index in [1.807, 2.05) is 0 Å². The number of H-pyrrole nitrogens is 1. The lowest BCUT2D eigenvalue weighted by Crippen LogP contribution is -2.26. The smallest absolute Gasteiger partial charge is 0.249 e. The molecule has 2 aromatic heterocycles. The zero-order chi connectivity index (χ0) is 15.5. The minimum absolute atomic E-state index is 0.0113. The van der Waals surface area contributed by atoms with Crippen molar-refractivity contribution in [3.05, 3.63) is 35.0 Å². The topological polar surface area (TPSA) is 116 Å². The van der Waals surface area contributed by atoms with E-state index in [0.717, 1.165) is 0 Å². The molecule has 0 aliphatic carbocycles. The van der Waals surface area contributed by atoms with Gasteiger partial charge in [-0.1, -0.05) is 11.6 Å². The summed E-state index contributed by atoms with van der Waals surface area (Å²) >= 11 is 5.83. The molecular formula is C13H14ClN5O3. The number of aliphatic hydroxyl groups excluding tert-OH is 1. The van der Waals surface area contributed by atoms with Crippen LogP contribution in [0.3, 0.4) is 0 Å². The fourth-order valence-corrected chi connectivity index (χ4v) is 2.45. The number of rotatable bonds is 6. The van der Waals surface area contributed by atoms with Gasteiger partial charge in [-0.15, -0.1) is 0 Å². The van der Waals surface area contributed by atoms with Gasteiger partial charge in [0, 0.05) is 13.0 Å². The maximum absolute atomic E-state index is 12.0. The summed E-state index contributed by atoms with van der Waals surface area (Å²) in [5.41, 5.74) is 4.28. The van der Waals surface area contributed by atoms with Gasteiger partial charge in [-0.2, -0.15) is 10.2 Å². The Hall–Kier alpha value is -2.32. The molecule has 9 heteroatoms. The molecule has 0 spiro atoms. The molecule has 116 valence electrons. The molecule has 1 atom stereocenters. The van der Waals surface area contributed by atoms with E-state index < -0.39 is 5.92 Å². The molecule has 3 rings (SSSR count). The number of nitrogens with one attached hydrogen (secondary N) is 3. The molecule has 1 amide bonds. The van der Waals surface area contributed by atoms with Crippen molar-refractivity contribution in [2.24, 2.45) is 11.0 Å². The highest BCUT2D eigenvalue weighted by Gasteiger charge is 2.34. The number of aromatic nitrogens is 2. The summed E-state index contributed by atoms with van der Waals surface area (Å²) in [5, 5.41) is 23.3. The van der Waals surface area contributed by atoms with E-state index >= 15 is 0 Å². The Morgan fingerprint density at radius 2 is 2.36 bits per heavy atom. The van der Waals surface area contributed by atoms with E-state index in [0.29, 0.717) is 40.8 Å². The Morgan fingerprint density at radius 3 is 3.09 bits per heavy atom. The number of carbonyl (C=O) groups excluding carboxylic acids is 1. The SMILES string of the molecule is O=C1NN=C(c2[nH]ncc2NCCO)C1Cc1cc(Cl)co1. The number of amides is 1. The first-order valence-corrected chi connectivity index (χ1v) is 7.05. The van der Waals surface area contributed by atoms with Crippen LogP contribution in [0.5, 0.6) is 0 Å². The molecule has 0 saturated heterocycles. The minimum atomic E-state index is -0.502. The number of hydrogen-bond acceptors (Lipinski definition) is 6. The van der Waals surface area contributed by atoms with Crippen molar-refractivity contribution in [1.82, 2.24) is 15.6 Å². The highest BCUT2D eigenvalue weighted by Crippen LogP contribution is 2.24. The first-order chi connectivity index (χ1) is 10.7. The van der Waals surface area contributed by atoms with Crippen LogP contribution in [0.4, 0.5) is 5.69 Å². The van der Waals surface area contributed by atoms with Gasteiger partial charge in [0.25, 0.3) is 0 Å². The molecule has 22 heavy (non-hydrogen) atoms. The predicted molar refractivity (Wildman–Crippen MR) is 79.8 cm³/mol. The van der Waals surface area contributed by atoms with Gasteiger partial charge in [0.2, 0.25) is 5.91 Å². The van der Waals surface area contributed by atoms with Crippen LogP contribution < -0.4 is 10.7 Å². The molecule has 0 saturated carbocycles. The number of aromatic amines is 1. The largest absolute Gasteiger partial charge is 0.468 e. The van der Waals surface area contributed by atoms with Crippen LogP contribution in [-0.4, -0.2) is 40.1 Å². The van der Waals surface area contributed by atoms with E-state index in [9.17, 15) is 4.79 Å². The second kappa shape index (κ2) is 6.20. The van der Waals surface area contributed by atoms with Gasteiger partial charge >= 0.3 is 0 Å². The molecule has 0 bridgehead atoms. The first-order valence-electron chi connectivity index (χ1n) is 6.68. The van der Waals surface area contributed by atoms with Crippen LogP contribution in [-0.2, 0) is 11.2 Å². The molecule has 1 unspecified atom stereocenters. The lowest BCUT2D eigenvalue weighted by molar-refractivity contribution is -0.122. The van der Waals surface area contributed by atoms with Crippen molar-refractivity contribution in [1.29, 1.82) is 0 Å². The molecule has 0 aromatic carbocycles. The number of nitrogens with zero attached hydrogens (tertiary/aromatic N) is 2. The number of aliphatic hydroxyl groups is 1. The van der Waals surface area contributed by atoms with Gasteiger partial charge in [-0.25, -0.2) is 5.43 Å². The zero-order valence-corrected chi connectivity index (χ0v) is 12.2. The van der Waals surface area contributed by atoms with E-state index in [2.05, 4.69) is 26.0 Å². The van der Waals surface area contributed by atoms with Crippen molar-refractivity contribution in [2.75, 3.05) is 18.5 Å². The zero-order valence-electron chi connectivity index (χ0n) is 11.5. The Kier molecular flexibility index (Phi) is 4.12. The standard InChI is InChI=1S/C13H14ClN5O3/c14-7-3-8(22-6-7)4-9-11(18-19-13(9)21)12-10(5-16-17-12)15-1-2-20/h3,5-6,9,15,20H,1-2,4H2,(H,16,17)(H,19,21).